The second-order valence-electron chi connectivity index (χ2n) is 11.9. The third kappa shape index (κ3) is 13.0. The lowest BCUT2D eigenvalue weighted by Gasteiger charge is -2.19. The van der Waals surface area contributed by atoms with Crippen LogP contribution in [0.25, 0.3) is 0 Å². The van der Waals surface area contributed by atoms with E-state index in [4.69, 9.17) is 5.73 Å². The molecule has 0 aliphatic carbocycles. The Balaban J connectivity index is 1.30. The van der Waals surface area contributed by atoms with E-state index in [1.165, 1.54) is 12.1 Å². The first kappa shape index (κ1) is 39.9. The molecule has 0 unspecified atom stereocenters. The van der Waals surface area contributed by atoms with Gasteiger partial charge in [0.1, 0.15) is 12.6 Å². The van der Waals surface area contributed by atoms with E-state index >= 15 is 0 Å². The molecule has 54 heavy (non-hydrogen) atoms. The maximum Gasteiger partial charge on any atom is 0.251 e. The van der Waals surface area contributed by atoms with Gasteiger partial charge in [0.2, 0.25) is 17.7 Å². The molecule has 2 atom stereocenters. The standard InChI is InChI=1S/C42H39N5O7/c43-24-39(51)44-25-35(23-37(49)33-19-15-31(16-20-33)13-11-29-7-3-1-4-8-29)41(53)46-27-40(52)45-26-36(38(50)28-48)47-42(54)34-21-17-32(18-22-34)14-12-30-9-5-2-6-10-30/h1-10,15-22,35-36,48H,23-28,43H2,(H,44,51)(H,45,52)(H,46,53)(H,47,54)/t35-,36-/m0/s1. The van der Waals surface area contributed by atoms with E-state index in [1.54, 1.807) is 36.4 Å². The van der Waals surface area contributed by atoms with Crippen molar-refractivity contribution in [1.29, 1.82) is 0 Å². The molecule has 0 saturated carbocycles. The molecular formula is C42H39N5O7. The van der Waals surface area contributed by atoms with Gasteiger partial charge in [-0.1, -0.05) is 72.2 Å². The second-order valence-corrected chi connectivity index (χ2v) is 11.9. The summed E-state index contributed by atoms with van der Waals surface area (Å²) in [5.74, 6) is 7.38. The van der Waals surface area contributed by atoms with Crippen LogP contribution in [0, 0.1) is 29.6 Å². The minimum absolute atomic E-state index is 0.213. The lowest BCUT2D eigenvalue weighted by atomic mass is 9.96. The Morgan fingerprint density at radius 2 is 1.07 bits per heavy atom. The van der Waals surface area contributed by atoms with Gasteiger partial charge in [-0.25, -0.2) is 0 Å². The summed E-state index contributed by atoms with van der Waals surface area (Å²) in [4.78, 5) is 76.1. The summed E-state index contributed by atoms with van der Waals surface area (Å²) in [7, 11) is 0. The van der Waals surface area contributed by atoms with Crippen LogP contribution in [0.1, 0.15) is 49.4 Å². The van der Waals surface area contributed by atoms with E-state index < -0.39 is 54.5 Å². The van der Waals surface area contributed by atoms with E-state index in [0.29, 0.717) is 16.7 Å². The first-order valence-corrected chi connectivity index (χ1v) is 17.0. The van der Waals surface area contributed by atoms with Gasteiger partial charge in [0.05, 0.1) is 19.0 Å². The molecule has 0 spiro atoms. The van der Waals surface area contributed by atoms with Crippen LogP contribution in [0.15, 0.2) is 109 Å². The predicted octanol–water partition coefficient (Wildman–Crippen LogP) is 1.34. The first-order valence-electron chi connectivity index (χ1n) is 17.0. The van der Waals surface area contributed by atoms with Gasteiger partial charge in [-0.3, -0.25) is 28.8 Å². The average molecular weight is 726 g/mol. The van der Waals surface area contributed by atoms with Crippen molar-refractivity contribution >= 4 is 35.2 Å². The van der Waals surface area contributed by atoms with Crippen molar-refractivity contribution in [3.63, 3.8) is 0 Å². The van der Waals surface area contributed by atoms with Crippen LogP contribution >= 0.6 is 0 Å². The van der Waals surface area contributed by atoms with Crippen LogP contribution in [0.5, 0.6) is 0 Å². The summed E-state index contributed by atoms with van der Waals surface area (Å²) < 4.78 is 0. The van der Waals surface area contributed by atoms with E-state index in [9.17, 15) is 33.9 Å². The quantitative estimate of drug-likeness (QED) is 0.0780. The number of ketones is 2. The van der Waals surface area contributed by atoms with Gasteiger partial charge in [-0.05, 0) is 60.7 Å². The third-order valence-electron chi connectivity index (χ3n) is 7.91. The molecule has 0 radical (unpaired) electrons. The Hall–Kier alpha value is -6.86. The summed E-state index contributed by atoms with van der Waals surface area (Å²) in [6.07, 6.45) is -0.285. The van der Waals surface area contributed by atoms with Gasteiger partial charge in [0.15, 0.2) is 11.6 Å². The van der Waals surface area contributed by atoms with Gasteiger partial charge in [0, 0.05) is 52.9 Å². The number of carbonyl (C=O) groups excluding carboxylic acids is 6. The van der Waals surface area contributed by atoms with Gasteiger partial charge < -0.3 is 32.1 Å². The molecule has 0 heterocycles. The smallest absolute Gasteiger partial charge is 0.251 e. The fourth-order valence-corrected chi connectivity index (χ4v) is 4.87. The topological polar surface area (TPSA) is 197 Å². The van der Waals surface area contributed by atoms with Crippen LogP contribution in [0.3, 0.4) is 0 Å². The molecule has 4 rings (SSSR count). The fourth-order valence-electron chi connectivity index (χ4n) is 4.87. The maximum absolute atomic E-state index is 13.1. The number of carbonyl (C=O) groups is 6. The van der Waals surface area contributed by atoms with Crippen molar-refractivity contribution < 1.29 is 33.9 Å². The molecule has 0 saturated heterocycles. The van der Waals surface area contributed by atoms with Crippen molar-refractivity contribution in [2.24, 2.45) is 11.7 Å². The Morgan fingerprint density at radius 1 is 0.593 bits per heavy atom. The zero-order chi connectivity index (χ0) is 38.7. The number of nitrogens with one attached hydrogen (secondary N) is 4. The van der Waals surface area contributed by atoms with Gasteiger partial charge in [0.25, 0.3) is 5.91 Å². The average Bonchev–Trinajstić information content (AvgIpc) is 3.21. The van der Waals surface area contributed by atoms with Gasteiger partial charge in [-0.15, -0.1) is 0 Å². The van der Waals surface area contributed by atoms with Crippen molar-refractivity contribution in [3.8, 4) is 23.7 Å². The molecule has 12 heteroatoms. The number of Topliss-reactive ketones (excluding diaryl/α,β-unsaturated/α-hetero) is 2. The molecule has 4 amide bonds. The summed E-state index contributed by atoms with van der Waals surface area (Å²) in [6, 6.07) is 30.5. The summed E-state index contributed by atoms with van der Waals surface area (Å²) in [6.45, 7) is -2.34. The third-order valence-corrected chi connectivity index (χ3v) is 7.91. The Morgan fingerprint density at radius 3 is 1.57 bits per heavy atom. The minimum atomic E-state index is -1.27. The van der Waals surface area contributed by atoms with Crippen LogP contribution in [-0.4, -0.2) is 79.1 Å². The SMILES string of the molecule is NCC(=O)NC[C@H](CC(=O)c1ccc(C#Cc2ccccc2)cc1)C(=O)NCC(=O)NC[C@H](NC(=O)c1ccc(C#Cc2ccccc2)cc1)C(=O)CO. The van der Waals surface area contributed by atoms with Gasteiger partial charge >= 0.3 is 0 Å². The molecule has 0 bridgehead atoms. The number of aliphatic hydroxyl groups is 1. The molecule has 4 aromatic rings. The van der Waals surface area contributed by atoms with Crippen LogP contribution in [0.4, 0.5) is 0 Å². The number of benzene rings is 4. The molecule has 4 aromatic carbocycles. The Labute approximate surface area is 312 Å². The number of hydrogen-bond donors (Lipinski definition) is 6. The fraction of sp³-hybridized carbons (Fsp3) is 0.190. The minimum Gasteiger partial charge on any atom is -0.388 e. The lowest BCUT2D eigenvalue weighted by molar-refractivity contribution is -0.129. The first-order chi connectivity index (χ1) is 26.1. The molecular weight excluding hydrogens is 686 g/mol. The normalized spacial score (nSPS) is 11.2. The number of hydrogen-bond acceptors (Lipinski definition) is 8. The number of nitrogens with two attached hydrogens (primary N) is 1. The van der Waals surface area contributed by atoms with Crippen molar-refractivity contribution in [3.05, 3.63) is 143 Å². The molecule has 0 fully saturated rings. The summed E-state index contributed by atoms with van der Waals surface area (Å²) >= 11 is 0. The van der Waals surface area contributed by atoms with Crippen LogP contribution in [0.2, 0.25) is 0 Å². The highest BCUT2D eigenvalue weighted by Crippen LogP contribution is 2.12. The maximum atomic E-state index is 13.1. The van der Waals surface area contributed by atoms with E-state index in [0.717, 1.165) is 11.1 Å². The second kappa shape index (κ2) is 20.9. The van der Waals surface area contributed by atoms with Crippen molar-refractivity contribution in [2.45, 2.75) is 12.5 Å². The number of rotatable bonds is 15. The lowest BCUT2D eigenvalue weighted by Crippen LogP contribution is -2.51. The monoisotopic (exact) mass is 725 g/mol. The van der Waals surface area contributed by atoms with Crippen LogP contribution < -0.4 is 27.0 Å². The highest BCUT2D eigenvalue weighted by atomic mass is 16.3. The van der Waals surface area contributed by atoms with Gasteiger partial charge in [-0.2, -0.15) is 0 Å². The predicted molar refractivity (Wildman–Crippen MR) is 202 cm³/mol. The zero-order valence-electron chi connectivity index (χ0n) is 29.3. The summed E-state index contributed by atoms with van der Waals surface area (Å²) in [5.41, 5.74) is 8.96. The molecule has 0 aliphatic heterocycles. The molecule has 0 aromatic heterocycles. The molecule has 0 aliphatic rings. The highest BCUT2D eigenvalue weighted by molar-refractivity contribution is 6.00. The largest absolute Gasteiger partial charge is 0.388 e. The van der Waals surface area contributed by atoms with E-state index in [-0.39, 0.29) is 37.4 Å². The van der Waals surface area contributed by atoms with Crippen molar-refractivity contribution in [1.82, 2.24) is 21.3 Å². The number of aliphatic hydroxyl groups excluding tert-OH is 1. The van der Waals surface area contributed by atoms with E-state index in [2.05, 4.69) is 44.9 Å². The van der Waals surface area contributed by atoms with E-state index in [1.807, 2.05) is 60.7 Å². The Bertz CT molecular complexity index is 2060. The molecule has 7 N–H and O–H groups in total. The zero-order valence-corrected chi connectivity index (χ0v) is 29.3. The summed E-state index contributed by atoms with van der Waals surface area (Å²) in [5, 5.41) is 19.4. The van der Waals surface area contributed by atoms with Crippen LogP contribution in [-0.2, 0) is 19.2 Å². The number of amides is 4. The Kier molecular flexibility index (Phi) is 15.4. The molecule has 274 valence electrons. The molecule has 12 nitrogen and oxygen atoms in total. The highest BCUT2D eigenvalue weighted by Gasteiger charge is 2.25. The van der Waals surface area contributed by atoms with Crippen molar-refractivity contribution in [2.75, 3.05) is 32.8 Å².